The highest BCUT2D eigenvalue weighted by atomic mass is 16.5. The summed E-state index contributed by atoms with van der Waals surface area (Å²) in [6, 6.07) is 12.7. The van der Waals surface area contributed by atoms with Crippen LogP contribution in [0.3, 0.4) is 0 Å². The Morgan fingerprint density at radius 3 is 2.18 bits per heavy atom. The maximum Gasteiger partial charge on any atom is 0.262 e. The third-order valence-electron chi connectivity index (χ3n) is 5.32. The second kappa shape index (κ2) is 7.00. The van der Waals surface area contributed by atoms with Gasteiger partial charge in [0.15, 0.2) is 11.5 Å². The Morgan fingerprint density at radius 1 is 0.929 bits per heavy atom. The van der Waals surface area contributed by atoms with Crippen molar-refractivity contribution < 1.29 is 19.1 Å². The van der Waals surface area contributed by atoms with Gasteiger partial charge in [0.25, 0.3) is 11.8 Å². The molecule has 1 aliphatic carbocycles. The van der Waals surface area contributed by atoms with E-state index in [4.69, 9.17) is 9.47 Å². The molecule has 0 N–H and O–H groups in total. The molecule has 0 fully saturated rings. The Kier molecular flexibility index (Phi) is 4.51. The zero-order valence-electron chi connectivity index (χ0n) is 15.8. The highest BCUT2D eigenvalue weighted by Crippen LogP contribution is 2.38. The van der Waals surface area contributed by atoms with Crippen LogP contribution in [0, 0.1) is 0 Å². The van der Waals surface area contributed by atoms with Gasteiger partial charge in [-0.25, -0.2) is 0 Å². The number of hydrogen-bond donors (Lipinski definition) is 0. The van der Waals surface area contributed by atoms with Crippen molar-refractivity contribution in [2.75, 3.05) is 14.2 Å². The Hall–Kier alpha value is -3.34. The Bertz CT molecular complexity index is 972. The summed E-state index contributed by atoms with van der Waals surface area (Å²) >= 11 is 0. The van der Waals surface area contributed by atoms with Crippen LogP contribution < -0.4 is 9.47 Å². The van der Waals surface area contributed by atoms with E-state index in [1.54, 1.807) is 38.5 Å². The van der Waals surface area contributed by atoms with Gasteiger partial charge in [-0.3, -0.25) is 14.5 Å². The lowest BCUT2D eigenvalue weighted by atomic mass is 9.83. The van der Waals surface area contributed by atoms with E-state index in [-0.39, 0.29) is 11.8 Å². The minimum absolute atomic E-state index is 0.249. The monoisotopic (exact) mass is 375 g/mol. The average molecular weight is 375 g/mol. The molecule has 5 heteroatoms. The van der Waals surface area contributed by atoms with E-state index in [9.17, 15) is 9.59 Å². The second-order valence-corrected chi connectivity index (χ2v) is 6.95. The number of carbonyl (C=O) groups excluding carboxylic acids is 2. The first-order valence-corrected chi connectivity index (χ1v) is 9.13. The zero-order chi connectivity index (χ0) is 19.7. The number of imide groups is 1. The third-order valence-corrected chi connectivity index (χ3v) is 5.32. The first kappa shape index (κ1) is 18.0. The topological polar surface area (TPSA) is 55.8 Å². The molecular weight excluding hydrogens is 354 g/mol. The molecule has 2 amide bonds. The number of ether oxygens (including phenoxy) is 2. The average Bonchev–Trinajstić information content (AvgIpc) is 2.99. The zero-order valence-corrected chi connectivity index (χ0v) is 15.8. The standard InChI is InChI=1S/C23H21NO4/c1-27-19-11-10-16(14-20(19)28-2)15-23(12-6-3-7-13-23)24-21(25)17-8-4-5-9-18(17)22(24)26/h3-12,14H,13,15H2,1-2H3. The summed E-state index contributed by atoms with van der Waals surface area (Å²) in [6.45, 7) is 0. The number of allylic oxidation sites excluding steroid dienone is 2. The first-order valence-electron chi connectivity index (χ1n) is 9.13. The molecule has 2 aliphatic rings. The fraction of sp³-hybridized carbons (Fsp3) is 0.217. The van der Waals surface area contributed by atoms with Crippen LogP contribution in [0.25, 0.3) is 0 Å². The molecule has 1 unspecified atom stereocenters. The third kappa shape index (κ3) is 2.80. The number of hydrogen-bond acceptors (Lipinski definition) is 4. The van der Waals surface area contributed by atoms with Crippen molar-refractivity contribution in [3.05, 3.63) is 83.5 Å². The number of nitrogens with zero attached hydrogens (tertiary/aromatic N) is 1. The fourth-order valence-corrected chi connectivity index (χ4v) is 3.97. The normalized spacial score (nSPS) is 20.4. The van der Waals surface area contributed by atoms with Crippen LogP contribution in [0.15, 0.2) is 66.8 Å². The molecule has 0 saturated carbocycles. The summed E-state index contributed by atoms with van der Waals surface area (Å²) in [4.78, 5) is 27.7. The van der Waals surface area contributed by atoms with Crippen molar-refractivity contribution in [1.29, 1.82) is 0 Å². The number of rotatable bonds is 5. The molecule has 1 aliphatic heterocycles. The van der Waals surface area contributed by atoms with Crippen LogP contribution in [-0.2, 0) is 6.42 Å². The van der Waals surface area contributed by atoms with Crippen LogP contribution in [0.2, 0.25) is 0 Å². The fourth-order valence-electron chi connectivity index (χ4n) is 3.97. The molecular formula is C23H21NO4. The number of carbonyl (C=O) groups is 2. The predicted molar refractivity (Wildman–Crippen MR) is 106 cm³/mol. The molecule has 142 valence electrons. The number of fused-ring (bicyclic) bond motifs is 1. The molecule has 2 aromatic carbocycles. The largest absolute Gasteiger partial charge is 0.493 e. The molecule has 0 aromatic heterocycles. The summed E-state index contributed by atoms with van der Waals surface area (Å²) < 4.78 is 10.7. The maximum absolute atomic E-state index is 13.1. The lowest BCUT2D eigenvalue weighted by molar-refractivity contribution is 0.0498. The van der Waals surface area contributed by atoms with Gasteiger partial charge in [0.1, 0.15) is 0 Å². The minimum atomic E-state index is -0.762. The van der Waals surface area contributed by atoms with Crippen LogP contribution in [-0.4, -0.2) is 36.5 Å². The Labute approximate surface area is 163 Å². The number of amides is 2. The van der Waals surface area contributed by atoms with Crippen LogP contribution in [0.1, 0.15) is 32.7 Å². The van der Waals surface area contributed by atoms with Crippen LogP contribution in [0.4, 0.5) is 0 Å². The van der Waals surface area contributed by atoms with Gasteiger partial charge in [-0.05, 0) is 36.2 Å². The van der Waals surface area contributed by atoms with Gasteiger partial charge in [0.2, 0.25) is 0 Å². The Morgan fingerprint density at radius 2 is 1.61 bits per heavy atom. The van der Waals surface area contributed by atoms with E-state index in [0.717, 1.165) is 5.56 Å². The van der Waals surface area contributed by atoms with Crippen LogP contribution in [0.5, 0.6) is 11.5 Å². The van der Waals surface area contributed by atoms with Gasteiger partial charge < -0.3 is 9.47 Å². The molecule has 0 spiro atoms. The van der Waals surface area contributed by atoms with Gasteiger partial charge >= 0.3 is 0 Å². The van der Waals surface area contributed by atoms with Crippen molar-refractivity contribution >= 4 is 11.8 Å². The summed E-state index contributed by atoms with van der Waals surface area (Å²) in [5, 5.41) is 0. The summed E-state index contributed by atoms with van der Waals surface area (Å²) in [6.07, 6.45) is 8.82. The van der Waals surface area contributed by atoms with E-state index >= 15 is 0 Å². The molecule has 28 heavy (non-hydrogen) atoms. The second-order valence-electron chi connectivity index (χ2n) is 6.95. The van der Waals surface area contributed by atoms with E-state index in [1.807, 2.05) is 42.5 Å². The van der Waals surface area contributed by atoms with Gasteiger partial charge in [-0.15, -0.1) is 0 Å². The van der Waals surface area contributed by atoms with E-state index in [1.165, 1.54) is 4.90 Å². The van der Waals surface area contributed by atoms with E-state index in [2.05, 4.69) is 0 Å². The smallest absolute Gasteiger partial charge is 0.262 e. The first-order chi connectivity index (χ1) is 13.6. The molecule has 5 nitrogen and oxygen atoms in total. The summed E-state index contributed by atoms with van der Waals surface area (Å²) in [5.74, 6) is 0.759. The maximum atomic E-state index is 13.1. The molecule has 4 rings (SSSR count). The quantitative estimate of drug-likeness (QED) is 0.746. The molecule has 2 aromatic rings. The van der Waals surface area contributed by atoms with Crippen molar-refractivity contribution in [2.45, 2.75) is 18.4 Å². The Balaban J connectivity index is 1.75. The van der Waals surface area contributed by atoms with Crippen molar-refractivity contribution in [1.82, 2.24) is 4.90 Å². The highest BCUT2D eigenvalue weighted by molar-refractivity contribution is 6.22. The predicted octanol–water partition coefficient (Wildman–Crippen LogP) is 3.80. The SMILES string of the molecule is COc1ccc(CC2(N3C(=O)c4ccccc4C3=O)C=CC=CC2)cc1OC. The van der Waals surface area contributed by atoms with Gasteiger partial charge in [-0.1, -0.05) is 42.5 Å². The molecule has 0 saturated heterocycles. The van der Waals surface area contributed by atoms with Gasteiger partial charge in [0, 0.05) is 6.42 Å². The lowest BCUT2D eigenvalue weighted by Crippen LogP contribution is -2.52. The molecule has 0 bridgehead atoms. The molecule has 0 radical (unpaired) electrons. The minimum Gasteiger partial charge on any atom is -0.493 e. The summed E-state index contributed by atoms with van der Waals surface area (Å²) in [7, 11) is 3.18. The van der Waals surface area contributed by atoms with E-state index in [0.29, 0.717) is 35.5 Å². The van der Waals surface area contributed by atoms with Gasteiger partial charge in [-0.2, -0.15) is 0 Å². The van der Waals surface area contributed by atoms with Crippen molar-refractivity contribution in [2.24, 2.45) is 0 Å². The van der Waals surface area contributed by atoms with Gasteiger partial charge in [0.05, 0.1) is 30.9 Å². The van der Waals surface area contributed by atoms with Crippen LogP contribution >= 0.6 is 0 Å². The lowest BCUT2D eigenvalue weighted by Gasteiger charge is -2.39. The van der Waals surface area contributed by atoms with E-state index < -0.39 is 5.54 Å². The van der Waals surface area contributed by atoms with Crippen molar-refractivity contribution in [3.8, 4) is 11.5 Å². The molecule has 1 atom stereocenters. The molecule has 1 heterocycles. The summed E-state index contributed by atoms with van der Waals surface area (Å²) in [5.41, 5.74) is 1.11. The number of methoxy groups -OCH3 is 2. The van der Waals surface area contributed by atoms with Crippen molar-refractivity contribution in [3.63, 3.8) is 0 Å². The highest BCUT2D eigenvalue weighted by Gasteiger charge is 2.47. The number of benzene rings is 2.